The van der Waals surface area contributed by atoms with Gasteiger partial charge in [-0.25, -0.2) is 0 Å². The molecule has 0 unspecified atom stereocenters. The summed E-state index contributed by atoms with van der Waals surface area (Å²) >= 11 is 0. The monoisotopic (exact) mass is 186 g/mol. The Balaban J connectivity index is 3.40. The van der Waals surface area contributed by atoms with Gasteiger partial charge in [-0.3, -0.25) is 9.59 Å². The summed E-state index contributed by atoms with van der Waals surface area (Å²) < 4.78 is 9.27. The molecule has 4 heteroatoms. The van der Waals surface area contributed by atoms with Gasteiger partial charge < -0.3 is 9.47 Å². The summed E-state index contributed by atoms with van der Waals surface area (Å²) in [6, 6.07) is 0. The Hall–Kier alpha value is -1.16. The van der Waals surface area contributed by atoms with Crippen molar-refractivity contribution in [3.63, 3.8) is 0 Å². The molecule has 0 aromatic rings. The van der Waals surface area contributed by atoms with Crippen molar-refractivity contribution in [2.75, 3.05) is 20.3 Å². The highest BCUT2D eigenvalue weighted by Gasteiger charge is 2.06. The van der Waals surface area contributed by atoms with E-state index in [2.05, 4.69) is 11.3 Å². The molecule has 0 fully saturated rings. The first-order valence-electron chi connectivity index (χ1n) is 3.98. The van der Waals surface area contributed by atoms with E-state index in [1.807, 2.05) is 0 Å². The van der Waals surface area contributed by atoms with Crippen LogP contribution in [0.5, 0.6) is 0 Å². The van der Waals surface area contributed by atoms with Crippen LogP contribution in [0.2, 0.25) is 0 Å². The molecule has 0 aliphatic rings. The number of carbonyl (C=O) groups excluding carboxylic acids is 2. The lowest BCUT2D eigenvalue weighted by molar-refractivity contribution is -0.142. The average molecular weight is 186 g/mol. The third-order valence-corrected chi connectivity index (χ3v) is 1.33. The molecule has 0 saturated heterocycles. The fourth-order valence-electron chi connectivity index (χ4n) is 0.672. The molecule has 0 aromatic heterocycles. The van der Waals surface area contributed by atoms with Crippen molar-refractivity contribution in [2.45, 2.75) is 12.8 Å². The molecule has 13 heavy (non-hydrogen) atoms. The molecule has 0 atom stereocenters. The molecule has 0 spiro atoms. The van der Waals surface area contributed by atoms with Gasteiger partial charge in [-0.1, -0.05) is 6.08 Å². The minimum atomic E-state index is -0.378. The Kier molecular flexibility index (Phi) is 6.82. The second-order valence-electron chi connectivity index (χ2n) is 2.42. The van der Waals surface area contributed by atoms with Gasteiger partial charge in [0.05, 0.1) is 20.1 Å². The van der Waals surface area contributed by atoms with Gasteiger partial charge in [-0.05, 0) is 0 Å². The number of ether oxygens (including phenoxy) is 2. The third-order valence-electron chi connectivity index (χ3n) is 1.33. The number of Topliss-reactive ketones (excluding diaryl/α,β-unsaturated/α-hetero) is 1. The van der Waals surface area contributed by atoms with Crippen LogP contribution in [-0.4, -0.2) is 32.1 Å². The molecule has 0 N–H and O–H groups in total. The van der Waals surface area contributed by atoms with Crippen molar-refractivity contribution in [1.29, 1.82) is 0 Å². The molecular weight excluding hydrogens is 172 g/mol. The van der Waals surface area contributed by atoms with Crippen molar-refractivity contribution in [3.05, 3.63) is 12.7 Å². The zero-order valence-electron chi connectivity index (χ0n) is 7.75. The molecule has 4 nitrogen and oxygen atoms in total. The molecule has 0 aliphatic heterocycles. The molecule has 0 heterocycles. The quantitative estimate of drug-likeness (QED) is 0.334. The van der Waals surface area contributed by atoms with E-state index in [0.717, 1.165) is 0 Å². The topological polar surface area (TPSA) is 52.6 Å². The Morgan fingerprint density at radius 2 is 2.08 bits per heavy atom. The fourth-order valence-corrected chi connectivity index (χ4v) is 0.672. The lowest BCUT2D eigenvalue weighted by Crippen LogP contribution is -2.11. The van der Waals surface area contributed by atoms with E-state index in [4.69, 9.17) is 4.74 Å². The van der Waals surface area contributed by atoms with E-state index in [9.17, 15) is 9.59 Å². The standard InChI is InChI=1S/C9H14O4/c1-3-6-13-7-8(10)4-5-9(11)12-2/h3H,1,4-7H2,2H3. The van der Waals surface area contributed by atoms with Gasteiger partial charge in [-0.2, -0.15) is 0 Å². The Morgan fingerprint density at radius 3 is 2.62 bits per heavy atom. The summed E-state index contributed by atoms with van der Waals surface area (Å²) in [5.41, 5.74) is 0. The number of hydrogen-bond acceptors (Lipinski definition) is 4. The molecule has 0 amide bonds. The molecule has 0 bridgehead atoms. The van der Waals surface area contributed by atoms with Gasteiger partial charge in [0.25, 0.3) is 0 Å². The van der Waals surface area contributed by atoms with Crippen LogP contribution >= 0.6 is 0 Å². The molecule has 0 aliphatic carbocycles. The molecule has 0 rings (SSSR count). The second-order valence-corrected chi connectivity index (χ2v) is 2.42. The van der Waals surface area contributed by atoms with Gasteiger partial charge >= 0.3 is 5.97 Å². The van der Waals surface area contributed by atoms with Crippen LogP contribution in [0.3, 0.4) is 0 Å². The van der Waals surface area contributed by atoms with Gasteiger partial charge in [-0.15, -0.1) is 6.58 Å². The molecule has 0 radical (unpaired) electrons. The molecule has 0 aromatic carbocycles. The highest BCUT2D eigenvalue weighted by molar-refractivity contribution is 5.83. The van der Waals surface area contributed by atoms with Gasteiger partial charge in [0, 0.05) is 6.42 Å². The van der Waals surface area contributed by atoms with E-state index < -0.39 is 0 Å². The lowest BCUT2D eigenvalue weighted by atomic mass is 10.2. The van der Waals surface area contributed by atoms with Gasteiger partial charge in [0.15, 0.2) is 5.78 Å². The van der Waals surface area contributed by atoms with E-state index in [1.54, 1.807) is 6.08 Å². The maximum atomic E-state index is 11.0. The normalized spacial score (nSPS) is 9.31. The Bertz CT molecular complexity index is 186. The first-order chi connectivity index (χ1) is 6.20. The maximum Gasteiger partial charge on any atom is 0.305 e. The van der Waals surface area contributed by atoms with Crippen LogP contribution < -0.4 is 0 Å². The van der Waals surface area contributed by atoms with Gasteiger partial charge in [0.1, 0.15) is 6.61 Å². The molecule has 74 valence electrons. The summed E-state index contributed by atoms with van der Waals surface area (Å²) in [4.78, 5) is 21.6. The SMILES string of the molecule is C=CCOCC(=O)CCC(=O)OC. The van der Waals surface area contributed by atoms with Crippen LogP contribution in [0.25, 0.3) is 0 Å². The van der Waals surface area contributed by atoms with E-state index in [-0.39, 0.29) is 31.2 Å². The minimum Gasteiger partial charge on any atom is -0.469 e. The number of ketones is 1. The van der Waals surface area contributed by atoms with Crippen molar-refractivity contribution in [2.24, 2.45) is 0 Å². The summed E-state index contributed by atoms with van der Waals surface area (Å²) in [6.45, 7) is 3.82. The van der Waals surface area contributed by atoms with Crippen LogP contribution in [0, 0.1) is 0 Å². The fraction of sp³-hybridized carbons (Fsp3) is 0.556. The summed E-state index contributed by atoms with van der Waals surface area (Å²) in [5, 5.41) is 0. The number of methoxy groups -OCH3 is 1. The van der Waals surface area contributed by atoms with Crippen LogP contribution in [0.15, 0.2) is 12.7 Å². The maximum absolute atomic E-state index is 11.0. The zero-order valence-corrected chi connectivity index (χ0v) is 7.75. The van der Waals surface area contributed by atoms with E-state index in [0.29, 0.717) is 6.61 Å². The Labute approximate surface area is 77.5 Å². The van der Waals surface area contributed by atoms with Crippen molar-refractivity contribution < 1.29 is 19.1 Å². The van der Waals surface area contributed by atoms with Crippen molar-refractivity contribution in [3.8, 4) is 0 Å². The highest BCUT2D eigenvalue weighted by atomic mass is 16.5. The van der Waals surface area contributed by atoms with Crippen molar-refractivity contribution in [1.82, 2.24) is 0 Å². The predicted molar refractivity (Wildman–Crippen MR) is 47.3 cm³/mol. The summed E-state index contributed by atoms with van der Waals surface area (Å²) in [7, 11) is 1.29. The Morgan fingerprint density at radius 1 is 1.38 bits per heavy atom. The number of hydrogen-bond donors (Lipinski definition) is 0. The smallest absolute Gasteiger partial charge is 0.305 e. The largest absolute Gasteiger partial charge is 0.469 e. The number of esters is 1. The van der Waals surface area contributed by atoms with Crippen LogP contribution in [-0.2, 0) is 19.1 Å². The number of carbonyl (C=O) groups is 2. The van der Waals surface area contributed by atoms with Crippen LogP contribution in [0.4, 0.5) is 0 Å². The molecular formula is C9H14O4. The summed E-state index contributed by atoms with van der Waals surface area (Å²) in [5.74, 6) is -0.482. The van der Waals surface area contributed by atoms with Crippen LogP contribution in [0.1, 0.15) is 12.8 Å². The minimum absolute atomic E-state index is 0.0308. The highest BCUT2D eigenvalue weighted by Crippen LogP contribution is 1.94. The lowest BCUT2D eigenvalue weighted by Gasteiger charge is -2.00. The van der Waals surface area contributed by atoms with Crippen molar-refractivity contribution >= 4 is 11.8 Å². The van der Waals surface area contributed by atoms with E-state index in [1.165, 1.54) is 7.11 Å². The first kappa shape index (κ1) is 11.8. The average Bonchev–Trinajstić information content (AvgIpc) is 2.14. The van der Waals surface area contributed by atoms with Gasteiger partial charge in [0.2, 0.25) is 0 Å². The zero-order chi connectivity index (χ0) is 10.1. The third kappa shape index (κ3) is 7.21. The van der Waals surface area contributed by atoms with E-state index >= 15 is 0 Å². The number of rotatable bonds is 7. The summed E-state index contributed by atoms with van der Waals surface area (Å²) in [6.07, 6.45) is 1.85. The molecule has 0 saturated carbocycles. The predicted octanol–water partition coefficient (Wildman–Crippen LogP) is 0.711. The first-order valence-corrected chi connectivity index (χ1v) is 3.98. The second kappa shape index (κ2) is 7.49.